The van der Waals surface area contributed by atoms with Gasteiger partial charge in [-0.1, -0.05) is 12.2 Å². The van der Waals surface area contributed by atoms with Crippen molar-refractivity contribution in [3.8, 4) is 0 Å². The Kier molecular flexibility index (Phi) is 3.37. The number of carbonyl (C=O) groups excluding carboxylic acids is 1. The normalized spacial score (nSPS) is 7.50. The number of carbonyl (C=O) groups is 1. The van der Waals surface area contributed by atoms with Gasteiger partial charge >= 0.3 is 0 Å². The lowest BCUT2D eigenvalue weighted by Crippen LogP contribution is -1.79. The highest BCUT2D eigenvalue weighted by molar-refractivity contribution is 8.11. The summed E-state index contributed by atoms with van der Waals surface area (Å²) in [5, 5.41) is 0. The van der Waals surface area contributed by atoms with E-state index >= 15 is 0 Å². The van der Waals surface area contributed by atoms with Crippen molar-refractivity contribution in [3.05, 3.63) is 0 Å². The van der Waals surface area contributed by atoms with Gasteiger partial charge in [0.1, 0.15) is 6.29 Å². The number of thiol groups is 1. The van der Waals surface area contributed by atoms with E-state index in [2.05, 4.69) is 24.8 Å². The smallest absolute Gasteiger partial charge is 0.125 e. The molecule has 0 saturated heterocycles. The van der Waals surface area contributed by atoms with Gasteiger partial charge in [-0.15, -0.1) is 12.6 Å². The van der Waals surface area contributed by atoms with Gasteiger partial charge in [0.15, 0.2) is 0 Å². The second kappa shape index (κ2) is 3.31. The zero-order chi connectivity index (χ0) is 4.99. The van der Waals surface area contributed by atoms with Crippen LogP contribution in [0.1, 0.15) is 6.42 Å². The van der Waals surface area contributed by atoms with Crippen molar-refractivity contribution < 1.29 is 4.79 Å². The van der Waals surface area contributed by atoms with Crippen LogP contribution in [0.4, 0.5) is 0 Å². The maximum absolute atomic E-state index is 9.48. The van der Waals surface area contributed by atoms with Crippen molar-refractivity contribution >= 4 is 35.3 Å². The molecule has 0 aliphatic carbocycles. The number of hydrogen-bond acceptors (Lipinski definition) is 2. The standard InChI is InChI=1S/C3H4OS2/c4-2-1-3(5)6/h2H,1H2,(H,5,6). The third-order valence-corrected chi connectivity index (χ3v) is 0.607. The summed E-state index contributed by atoms with van der Waals surface area (Å²) in [5.74, 6) is 0. The maximum atomic E-state index is 9.48. The van der Waals surface area contributed by atoms with E-state index in [1.54, 1.807) is 0 Å². The van der Waals surface area contributed by atoms with Gasteiger partial charge in [0, 0.05) is 6.42 Å². The van der Waals surface area contributed by atoms with Crippen LogP contribution < -0.4 is 0 Å². The van der Waals surface area contributed by atoms with Gasteiger partial charge in [0.2, 0.25) is 0 Å². The van der Waals surface area contributed by atoms with Crippen molar-refractivity contribution in [1.82, 2.24) is 0 Å². The molecular weight excluding hydrogens is 116 g/mol. The lowest BCUT2D eigenvalue weighted by molar-refractivity contribution is -0.106. The van der Waals surface area contributed by atoms with E-state index in [1.165, 1.54) is 0 Å². The van der Waals surface area contributed by atoms with Crippen LogP contribution in [0.2, 0.25) is 0 Å². The van der Waals surface area contributed by atoms with Crippen LogP contribution in [-0.2, 0) is 4.79 Å². The van der Waals surface area contributed by atoms with Crippen molar-refractivity contribution in [2.24, 2.45) is 0 Å². The average Bonchev–Trinajstić information content (AvgIpc) is 1.35. The van der Waals surface area contributed by atoms with E-state index in [9.17, 15) is 4.79 Å². The summed E-state index contributed by atoms with van der Waals surface area (Å²) >= 11 is 8.11. The molecule has 1 nitrogen and oxygen atoms in total. The SMILES string of the molecule is O=CCC(=S)S. The Morgan fingerprint density at radius 1 is 2.00 bits per heavy atom. The fraction of sp³-hybridized carbons (Fsp3) is 0.333. The number of rotatable bonds is 2. The van der Waals surface area contributed by atoms with E-state index in [4.69, 9.17) is 0 Å². The molecule has 0 amide bonds. The lowest BCUT2D eigenvalue weighted by atomic mass is 10.6. The molecule has 0 bridgehead atoms. The minimum absolute atomic E-state index is 0.290. The summed E-state index contributed by atoms with van der Waals surface area (Å²) in [4.78, 5) is 9.48. The first-order chi connectivity index (χ1) is 2.77. The summed E-state index contributed by atoms with van der Waals surface area (Å²) in [6.45, 7) is 0. The topological polar surface area (TPSA) is 17.1 Å². The zero-order valence-corrected chi connectivity index (χ0v) is 4.76. The molecular formula is C3H4OS2. The molecule has 6 heavy (non-hydrogen) atoms. The summed E-state index contributed by atoms with van der Waals surface area (Å²) in [5.41, 5.74) is 0. The molecule has 0 aromatic rings. The van der Waals surface area contributed by atoms with Gasteiger partial charge in [-0.2, -0.15) is 0 Å². The van der Waals surface area contributed by atoms with Gasteiger partial charge in [0.25, 0.3) is 0 Å². The molecule has 0 aliphatic heterocycles. The molecule has 0 radical (unpaired) electrons. The quantitative estimate of drug-likeness (QED) is 0.330. The summed E-state index contributed by atoms with van der Waals surface area (Å²) in [6, 6.07) is 0. The van der Waals surface area contributed by atoms with E-state index < -0.39 is 0 Å². The third kappa shape index (κ3) is 4.11. The molecule has 0 rings (SSSR count). The average molecular weight is 120 g/mol. The number of hydrogen-bond donors (Lipinski definition) is 1. The van der Waals surface area contributed by atoms with Crippen LogP contribution in [-0.4, -0.2) is 10.5 Å². The number of thiocarbonyl (C=S) groups is 1. The lowest BCUT2D eigenvalue weighted by Gasteiger charge is -1.75. The van der Waals surface area contributed by atoms with E-state index in [0.29, 0.717) is 10.6 Å². The molecule has 0 N–H and O–H groups in total. The highest BCUT2D eigenvalue weighted by atomic mass is 32.1. The van der Waals surface area contributed by atoms with E-state index in [1.807, 2.05) is 0 Å². The fourth-order valence-electron chi connectivity index (χ4n) is 0.0713. The van der Waals surface area contributed by atoms with Crippen LogP contribution >= 0.6 is 24.8 Å². The monoisotopic (exact) mass is 120 g/mol. The molecule has 0 aliphatic rings. The molecule has 3 heteroatoms. The summed E-state index contributed by atoms with van der Waals surface area (Å²) in [7, 11) is 0. The molecule has 0 atom stereocenters. The van der Waals surface area contributed by atoms with Gasteiger partial charge in [-0.25, -0.2) is 0 Å². The van der Waals surface area contributed by atoms with E-state index in [0.717, 1.165) is 6.29 Å². The maximum Gasteiger partial charge on any atom is 0.125 e. The van der Waals surface area contributed by atoms with Crippen molar-refractivity contribution in [1.29, 1.82) is 0 Å². The first kappa shape index (κ1) is 6.11. The largest absolute Gasteiger partial charge is 0.303 e. The van der Waals surface area contributed by atoms with Crippen LogP contribution in [0.25, 0.3) is 0 Å². The van der Waals surface area contributed by atoms with Crippen LogP contribution in [0, 0.1) is 0 Å². The Bertz CT molecular complexity index is 69.2. The Morgan fingerprint density at radius 2 is 2.50 bits per heavy atom. The van der Waals surface area contributed by atoms with Gasteiger partial charge in [-0.3, -0.25) is 0 Å². The second-order valence-corrected chi connectivity index (χ2v) is 2.10. The van der Waals surface area contributed by atoms with Crippen LogP contribution in [0.3, 0.4) is 0 Å². The van der Waals surface area contributed by atoms with Crippen molar-refractivity contribution in [2.45, 2.75) is 6.42 Å². The number of aldehydes is 1. The van der Waals surface area contributed by atoms with Crippen molar-refractivity contribution in [2.75, 3.05) is 0 Å². The Balaban J connectivity index is 3.05. The molecule has 0 aromatic carbocycles. The van der Waals surface area contributed by atoms with Gasteiger partial charge in [0.05, 0.1) is 4.20 Å². The third-order valence-electron chi connectivity index (χ3n) is 0.258. The minimum atomic E-state index is 0.290. The highest BCUT2D eigenvalue weighted by Crippen LogP contribution is 1.84. The summed E-state index contributed by atoms with van der Waals surface area (Å²) in [6.07, 6.45) is 1.02. The predicted molar refractivity (Wildman–Crippen MR) is 32.3 cm³/mol. The molecule has 0 spiro atoms. The molecule has 34 valence electrons. The predicted octanol–water partition coefficient (Wildman–Crippen LogP) is 0.833. The Hall–Kier alpha value is 0.110. The Morgan fingerprint density at radius 3 is 2.50 bits per heavy atom. The van der Waals surface area contributed by atoms with Crippen LogP contribution in [0.5, 0.6) is 0 Å². The highest BCUT2D eigenvalue weighted by Gasteiger charge is 1.79. The minimum Gasteiger partial charge on any atom is -0.303 e. The molecule has 0 aromatic heterocycles. The van der Waals surface area contributed by atoms with Gasteiger partial charge < -0.3 is 4.79 Å². The fourth-order valence-corrected chi connectivity index (χ4v) is 0.214. The first-order valence-corrected chi connectivity index (χ1v) is 2.28. The summed E-state index contributed by atoms with van der Waals surface area (Å²) < 4.78 is 0.449. The Labute approximate surface area is 47.1 Å². The second-order valence-electron chi connectivity index (χ2n) is 0.765. The molecule has 0 heterocycles. The van der Waals surface area contributed by atoms with Gasteiger partial charge in [-0.05, 0) is 0 Å². The molecule has 0 saturated carbocycles. The van der Waals surface area contributed by atoms with E-state index in [-0.39, 0.29) is 0 Å². The van der Waals surface area contributed by atoms with Crippen LogP contribution in [0.15, 0.2) is 0 Å². The first-order valence-electron chi connectivity index (χ1n) is 1.43. The zero-order valence-electron chi connectivity index (χ0n) is 3.05. The molecule has 0 unspecified atom stereocenters. The van der Waals surface area contributed by atoms with Crippen molar-refractivity contribution in [3.63, 3.8) is 0 Å². The molecule has 0 fully saturated rings.